The molecule has 4 heterocycles. The third-order valence-electron chi connectivity index (χ3n) is 3.53. The van der Waals surface area contributed by atoms with Gasteiger partial charge >= 0.3 is 6.03 Å². The minimum Gasteiger partial charge on any atom is -0.474 e. The minimum absolute atomic E-state index is 0.179. The summed E-state index contributed by atoms with van der Waals surface area (Å²) in [5, 5.41) is 5.77. The van der Waals surface area contributed by atoms with Gasteiger partial charge in [0, 0.05) is 6.07 Å². The summed E-state index contributed by atoms with van der Waals surface area (Å²) in [5.74, 6) is 0.154. The quantitative estimate of drug-likeness (QED) is 0.656. The third-order valence-corrected chi connectivity index (χ3v) is 3.53. The molecule has 0 radical (unpaired) electrons. The van der Waals surface area contributed by atoms with Gasteiger partial charge in [0.05, 0.1) is 12.2 Å². The number of hydrogen-bond acceptors (Lipinski definition) is 6. The zero-order chi connectivity index (χ0) is 16.7. The number of amides is 1. The second-order valence-electron chi connectivity index (χ2n) is 5.45. The molecule has 24 heavy (non-hydrogen) atoms. The van der Waals surface area contributed by atoms with E-state index in [1.54, 1.807) is 19.1 Å². The lowest BCUT2D eigenvalue weighted by atomic mass is 10.3. The molecule has 0 aliphatic carbocycles. The molecule has 122 valence electrons. The third kappa shape index (κ3) is 2.49. The normalized spacial score (nSPS) is 17.2. The summed E-state index contributed by atoms with van der Waals surface area (Å²) in [5.41, 5.74) is 1.33. The van der Waals surface area contributed by atoms with Crippen LogP contribution in [0.1, 0.15) is 6.92 Å². The molecule has 0 saturated heterocycles. The van der Waals surface area contributed by atoms with Crippen molar-refractivity contribution in [2.75, 3.05) is 11.9 Å². The number of anilines is 2. The number of ether oxygens (including phenoxy) is 1. The monoisotopic (exact) mass is 328 g/mol. The lowest BCUT2D eigenvalue weighted by Crippen LogP contribution is -2.39. The number of rotatable bonds is 0. The second kappa shape index (κ2) is 5.44. The van der Waals surface area contributed by atoms with Crippen molar-refractivity contribution in [3.8, 4) is 5.88 Å². The van der Waals surface area contributed by atoms with E-state index in [1.165, 1.54) is 17.0 Å². The molecule has 0 fully saturated rings. The zero-order valence-electron chi connectivity index (χ0n) is 12.7. The number of halogens is 1. The van der Waals surface area contributed by atoms with E-state index >= 15 is 0 Å². The first-order valence-corrected chi connectivity index (χ1v) is 7.30. The van der Waals surface area contributed by atoms with Crippen LogP contribution in [0.4, 0.5) is 20.7 Å². The Hall–Kier alpha value is -3.23. The Kier molecular flexibility index (Phi) is 3.26. The van der Waals surface area contributed by atoms with E-state index in [0.29, 0.717) is 22.7 Å². The number of aromatic nitrogens is 4. The summed E-state index contributed by atoms with van der Waals surface area (Å²) in [4.78, 5) is 24.8. The standard InChI is InChI=1S/C15H13FN6O2/c1-8-6-24-14-11(4-9(16)5-17-14)20-12-3-2-10-13(21-12)22(7-18-10)15(23)19-8/h2-5,7-8H,6H2,1H3,(H,19,23)(H,20,21). The largest absolute Gasteiger partial charge is 0.474 e. The first-order chi connectivity index (χ1) is 11.6. The van der Waals surface area contributed by atoms with E-state index in [4.69, 9.17) is 4.74 Å². The molecule has 3 aromatic rings. The van der Waals surface area contributed by atoms with Crippen LogP contribution in [0.25, 0.3) is 11.2 Å². The maximum absolute atomic E-state index is 13.5. The number of hydrogen-bond donors (Lipinski definition) is 2. The van der Waals surface area contributed by atoms with Gasteiger partial charge in [-0.15, -0.1) is 0 Å². The van der Waals surface area contributed by atoms with Crippen LogP contribution in [-0.2, 0) is 0 Å². The average molecular weight is 328 g/mol. The summed E-state index contributed by atoms with van der Waals surface area (Å²) in [6.45, 7) is 1.97. The molecule has 4 rings (SSSR count). The molecule has 0 aromatic carbocycles. The number of imidazole rings is 1. The van der Waals surface area contributed by atoms with Crippen LogP contribution in [0, 0.1) is 5.82 Å². The fourth-order valence-electron chi connectivity index (χ4n) is 2.41. The Labute approximate surface area is 135 Å². The van der Waals surface area contributed by atoms with Gasteiger partial charge in [-0.25, -0.2) is 28.7 Å². The number of nitrogens with one attached hydrogen (secondary N) is 2. The topological polar surface area (TPSA) is 94.0 Å². The molecule has 8 nitrogen and oxygen atoms in total. The van der Waals surface area contributed by atoms with Gasteiger partial charge in [-0.1, -0.05) is 0 Å². The van der Waals surface area contributed by atoms with Crippen LogP contribution in [0.3, 0.4) is 0 Å². The molecule has 1 amide bonds. The summed E-state index contributed by atoms with van der Waals surface area (Å²) < 4.78 is 20.4. The molecule has 2 bridgehead atoms. The molecule has 1 unspecified atom stereocenters. The van der Waals surface area contributed by atoms with E-state index in [0.717, 1.165) is 6.20 Å². The molecule has 1 aliphatic rings. The van der Waals surface area contributed by atoms with E-state index < -0.39 is 5.82 Å². The van der Waals surface area contributed by atoms with Crippen molar-refractivity contribution < 1.29 is 13.9 Å². The van der Waals surface area contributed by atoms with Gasteiger partial charge in [0.15, 0.2) is 5.65 Å². The lowest BCUT2D eigenvalue weighted by molar-refractivity contribution is 0.226. The molecule has 0 spiro atoms. The van der Waals surface area contributed by atoms with Crippen molar-refractivity contribution in [2.45, 2.75) is 13.0 Å². The first kappa shape index (κ1) is 14.4. The van der Waals surface area contributed by atoms with Gasteiger partial charge in [-0.2, -0.15) is 0 Å². The van der Waals surface area contributed by atoms with Gasteiger partial charge in [-0.3, -0.25) is 0 Å². The maximum Gasteiger partial charge on any atom is 0.328 e. The van der Waals surface area contributed by atoms with Crippen LogP contribution in [-0.4, -0.2) is 38.2 Å². The molecule has 2 N–H and O–H groups in total. The van der Waals surface area contributed by atoms with E-state index in [1.807, 2.05) is 0 Å². The van der Waals surface area contributed by atoms with Gasteiger partial charge < -0.3 is 15.4 Å². The highest BCUT2D eigenvalue weighted by Gasteiger charge is 2.17. The Bertz CT molecular complexity index is 941. The summed E-state index contributed by atoms with van der Waals surface area (Å²) in [7, 11) is 0. The van der Waals surface area contributed by atoms with E-state index in [9.17, 15) is 9.18 Å². The zero-order valence-corrected chi connectivity index (χ0v) is 12.7. The number of carbonyl (C=O) groups is 1. The number of fused-ring (bicyclic) bond motifs is 2. The van der Waals surface area contributed by atoms with Crippen molar-refractivity contribution in [1.82, 2.24) is 24.8 Å². The minimum atomic E-state index is -0.496. The Morgan fingerprint density at radius 2 is 2.25 bits per heavy atom. The Morgan fingerprint density at radius 3 is 3.12 bits per heavy atom. The lowest BCUT2D eigenvalue weighted by Gasteiger charge is -2.18. The van der Waals surface area contributed by atoms with Gasteiger partial charge in [0.25, 0.3) is 0 Å². The second-order valence-corrected chi connectivity index (χ2v) is 5.45. The summed E-state index contributed by atoms with van der Waals surface area (Å²) >= 11 is 0. The fraction of sp³-hybridized carbons (Fsp3) is 0.200. The van der Waals surface area contributed by atoms with Gasteiger partial charge in [0.2, 0.25) is 5.88 Å². The van der Waals surface area contributed by atoms with Crippen LogP contribution < -0.4 is 15.4 Å². The van der Waals surface area contributed by atoms with Crippen molar-refractivity contribution in [1.29, 1.82) is 0 Å². The number of nitrogens with zero attached hydrogens (tertiary/aromatic N) is 4. The molecule has 1 atom stereocenters. The maximum atomic E-state index is 13.5. The highest BCUT2D eigenvalue weighted by atomic mass is 19.1. The molecular formula is C15H13FN6O2. The molecule has 0 saturated carbocycles. The predicted molar refractivity (Wildman–Crippen MR) is 83.9 cm³/mol. The highest BCUT2D eigenvalue weighted by Crippen LogP contribution is 2.27. The predicted octanol–water partition coefficient (Wildman–Crippen LogP) is 2.05. The van der Waals surface area contributed by atoms with E-state index in [-0.39, 0.29) is 24.6 Å². The molecule has 9 heteroatoms. The number of pyridine rings is 2. The van der Waals surface area contributed by atoms with Gasteiger partial charge in [0.1, 0.15) is 35.8 Å². The highest BCUT2D eigenvalue weighted by molar-refractivity contribution is 5.88. The summed E-state index contributed by atoms with van der Waals surface area (Å²) in [6, 6.07) is 4.03. The Morgan fingerprint density at radius 1 is 1.38 bits per heavy atom. The van der Waals surface area contributed by atoms with Gasteiger partial charge in [-0.05, 0) is 19.1 Å². The number of carbonyl (C=O) groups excluding carboxylic acids is 1. The average Bonchev–Trinajstić information content (AvgIpc) is 2.96. The van der Waals surface area contributed by atoms with Crippen molar-refractivity contribution >= 4 is 28.7 Å². The van der Waals surface area contributed by atoms with E-state index in [2.05, 4.69) is 25.6 Å². The smallest absolute Gasteiger partial charge is 0.328 e. The van der Waals surface area contributed by atoms with Crippen LogP contribution >= 0.6 is 0 Å². The SMILES string of the molecule is CC1COc2ncc(F)cc2Nc2ccc3ncn(c3n2)C(=O)N1. The van der Waals surface area contributed by atoms with Crippen molar-refractivity contribution in [3.05, 3.63) is 36.5 Å². The van der Waals surface area contributed by atoms with Crippen LogP contribution in [0.2, 0.25) is 0 Å². The molecule has 1 aliphatic heterocycles. The fourth-order valence-corrected chi connectivity index (χ4v) is 2.41. The first-order valence-electron chi connectivity index (χ1n) is 7.30. The van der Waals surface area contributed by atoms with Crippen molar-refractivity contribution in [3.63, 3.8) is 0 Å². The van der Waals surface area contributed by atoms with Crippen LogP contribution in [0.5, 0.6) is 5.88 Å². The van der Waals surface area contributed by atoms with Crippen molar-refractivity contribution in [2.24, 2.45) is 0 Å². The molecular weight excluding hydrogens is 315 g/mol. The summed E-state index contributed by atoms with van der Waals surface area (Å²) in [6.07, 6.45) is 2.48. The molecule has 3 aromatic heterocycles. The van der Waals surface area contributed by atoms with Crippen LogP contribution in [0.15, 0.2) is 30.7 Å². The Balaban J connectivity index is 1.87.